The zero-order chi connectivity index (χ0) is 31.8. The molecule has 1 heterocycles. The minimum atomic E-state index is -1.10. The highest BCUT2D eigenvalue weighted by Crippen LogP contribution is 2.33. The second kappa shape index (κ2) is 14.8. The number of carbonyl (C=O) groups is 2. The minimum Gasteiger partial charge on any atom is -0.497 e. The van der Waals surface area contributed by atoms with Crippen molar-refractivity contribution in [2.75, 3.05) is 25.3 Å². The number of nitrogens with zero attached hydrogens (tertiary/aromatic N) is 3. The Morgan fingerprint density at radius 1 is 0.909 bits per heavy atom. The third-order valence-corrected chi connectivity index (χ3v) is 7.88. The van der Waals surface area contributed by atoms with Crippen LogP contribution in [0.1, 0.15) is 53.9 Å². The fraction of sp³-hybridized carbons (Fsp3) is 0.294. The SMILES string of the molecule is COc1ccc(NC(=O)C(c2ccc(C(C)C)cc2)N(Cc2ccccc2F)C(=O)CSc2nc(C)cc(C)n2)c(OC)c1. The highest BCUT2D eigenvalue weighted by atomic mass is 32.2. The average molecular weight is 617 g/mol. The Balaban J connectivity index is 1.76. The van der Waals surface area contributed by atoms with Crippen molar-refractivity contribution in [1.29, 1.82) is 0 Å². The van der Waals surface area contributed by atoms with Crippen LogP contribution >= 0.6 is 11.8 Å². The number of aromatic nitrogens is 2. The molecule has 0 aliphatic carbocycles. The summed E-state index contributed by atoms with van der Waals surface area (Å²) in [5.41, 5.74) is 3.92. The number of benzene rings is 3. The van der Waals surface area contributed by atoms with E-state index in [-0.39, 0.29) is 29.7 Å². The van der Waals surface area contributed by atoms with Crippen LogP contribution < -0.4 is 14.8 Å². The molecule has 0 bridgehead atoms. The molecule has 4 aromatic rings. The van der Waals surface area contributed by atoms with Gasteiger partial charge in [0.2, 0.25) is 5.91 Å². The second-order valence-corrected chi connectivity index (χ2v) is 11.6. The normalized spacial score (nSPS) is 11.6. The van der Waals surface area contributed by atoms with Crippen LogP contribution in [0.2, 0.25) is 0 Å². The van der Waals surface area contributed by atoms with Crippen LogP contribution in [-0.2, 0) is 16.1 Å². The molecule has 0 radical (unpaired) electrons. The van der Waals surface area contributed by atoms with Crippen molar-refractivity contribution in [3.63, 3.8) is 0 Å². The first-order valence-corrected chi connectivity index (χ1v) is 15.2. The number of amides is 2. The van der Waals surface area contributed by atoms with E-state index in [1.54, 1.807) is 36.4 Å². The highest BCUT2D eigenvalue weighted by molar-refractivity contribution is 7.99. The largest absolute Gasteiger partial charge is 0.497 e. The molecule has 1 N–H and O–H groups in total. The summed E-state index contributed by atoms with van der Waals surface area (Å²) in [6.07, 6.45) is 0. The predicted octanol–water partition coefficient (Wildman–Crippen LogP) is 6.87. The number of halogens is 1. The Morgan fingerprint density at radius 2 is 1.57 bits per heavy atom. The van der Waals surface area contributed by atoms with E-state index in [0.717, 1.165) is 17.0 Å². The Labute approximate surface area is 262 Å². The van der Waals surface area contributed by atoms with E-state index in [2.05, 4.69) is 29.1 Å². The fourth-order valence-corrected chi connectivity index (χ4v) is 5.58. The number of thioether (sulfide) groups is 1. The number of aryl methyl sites for hydroxylation is 2. The summed E-state index contributed by atoms with van der Waals surface area (Å²) in [5, 5.41) is 3.39. The number of hydrogen-bond acceptors (Lipinski definition) is 7. The first-order valence-electron chi connectivity index (χ1n) is 14.2. The molecule has 0 saturated heterocycles. The zero-order valence-electron chi connectivity index (χ0n) is 25.8. The van der Waals surface area contributed by atoms with Crippen molar-refractivity contribution in [3.05, 3.63) is 107 Å². The van der Waals surface area contributed by atoms with Gasteiger partial charge >= 0.3 is 0 Å². The molecule has 0 fully saturated rings. The standard InChI is InChI=1S/C34H37FN4O4S/c1-21(2)24-11-13-25(14-12-24)32(33(41)38-29-16-15-27(42-5)18-30(29)43-6)39(19-26-9-7-8-10-28(26)35)31(40)20-44-34-36-22(3)17-23(4)37-34/h7-18,21,32H,19-20H2,1-6H3,(H,38,41). The molecule has 0 aliphatic rings. The lowest BCUT2D eigenvalue weighted by Crippen LogP contribution is -2.42. The minimum absolute atomic E-state index is 0.0585. The lowest BCUT2D eigenvalue weighted by Gasteiger charge is -2.32. The van der Waals surface area contributed by atoms with E-state index < -0.39 is 17.8 Å². The number of carbonyl (C=O) groups excluding carboxylic acids is 2. The fourth-order valence-electron chi connectivity index (χ4n) is 4.74. The van der Waals surface area contributed by atoms with Crippen molar-refractivity contribution >= 4 is 29.3 Å². The second-order valence-electron chi connectivity index (χ2n) is 10.6. The summed E-state index contributed by atoms with van der Waals surface area (Å²) in [6, 6.07) is 19.6. The summed E-state index contributed by atoms with van der Waals surface area (Å²) < 4.78 is 25.8. The molecule has 0 aliphatic heterocycles. The summed E-state index contributed by atoms with van der Waals surface area (Å²) in [7, 11) is 3.03. The van der Waals surface area contributed by atoms with Crippen molar-refractivity contribution in [2.24, 2.45) is 0 Å². The Bertz CT molecular complexity index is 1590. The molecule has 3 aromatic carbocycles. The molecule has 4 rings (SSSR count). The molecule has 1 aromatic heterocycles. The van der Waals surface area contributed by atoms with E-state index in [0.29, 0.717) is 27.9 Å². The summed E-state index contributed by atoms with van der Waals surface area (Å²) in [4.78, 5) is 38.6. The third-order valence-electron chi connectivity index (χ3n) is 7.05. The van der Waals surface area contributed by atoms with Crippen LogP contribution in [0, 0.1) is 19.7 Å². The number of methoxy groups -OCH3 is 2. The number of rotatable bonds is 12. The van der Waals surface area contributed by atoms with Crippen molar-refractivity contribution in [2.45, 2.75) is 51.4 Å². The van der Waals surface area contributed by atoms with Gasteiger partial charge in [0.1, 0.15) is 23.4 Å². The lowest BCUT2D eigenvalue weighted by molar-refractivity contribution is -0.137. The summed E-state index contributed by atoms with van der Waals surface area (Å²) in [6.45, 7) is 7.74. The van der Waals surface area contributed by atoms with Crippen LogP contribution in [0.25, 0.3) is 0 Å². The van der Waals surface area contributed by atoms with Crippen LogP contribution in [-0.4, -0.2) is 46.7 Å². The molecule has 2 amide bonds. The van der Waals surface area contributed by atoms with E-state index in [1.807, 2.05) is 44.2 Å². The molecule has 1 unspecified atom stereocenters. The van der Waals surface area contributed by atoms with Gasteiger partial charge in [-0.25, -0.2) is 14.4 Å². The van der Waals surface area contributed by atoms with E-state index in [4.69, 9.17) is 9.47 Å². The lowest BCUT2D eigenvalue weighted by atomic mass is 9.97. The van der Waals surface area contributed by atoms with Gasteiger partial charge in [0.15, 0.2) is 5.16 Å². The number of hydrogen-bond donors (Lipinski definition) is 1. The van der Waals surface area contributed by atoms with Crippen LogP contribution in [0.5, 0.6) is 11.5 Å². The number of ether oxygens (including phenoxy) is 2. The molecule has 230 valence electrons. The Morgan fingerprint density at radius 3 is 2.18 bits per heavy atom. The average Bonchev–Trinajstić information content (AvgIpc) is 3.00. The molecule has 1 atom stereocenters. The molecule has 8 nitrogen and oxygen atoms in total. The third kappa shape index (κ3) is 8.13. The molecule has 0 saturated carbocycles. The van der Waals surface area contributed by atoms with Gasteiger partial charge in [0, 0.05) is 29.6 Å². The van der Waals surface area contributed by atoms with Gasteiger partial charge in [-0.05, 0) is 55.2 Å². The molecular weight excluding hydrogens is 579 g/mol. The van der Waals surface area contributed by atoms with Gasteiger partial charge in [0.25, 0.3) is 5.91 Å². The van der Waals surface area contributed by atoms with Gasteiger partial charge in [-0.2, -0.15) is 0 Å². The molecular formula is C34H37FN4O4S. The maximum atomic E-state index is 15.0. The molecule has 44 heavy (non-hydrogen) atoms. The first-order chi connectivity index (χ1) is 21.1. The quantitative estimate of drug-likeness (QED) is 0.137. The number of nitrogens with one attached hydrogen (secondary N) is 1. The Hall–Kier alpha value is -4.44. The highest BCUT2D eigenvalue weighted by Gasteiger charge is 2.33. The maximum absolute atomic E-state index is 15.0. The van der Waals surface area contributed by atoms with Crippen molar-refractivity contribution < 1.29 is 23.5 Å². The van der Waals surface area contributed by atoms with Crippen molar-refractivity contribution in [3.8, 4) is 11.5 Å². The van der Waals surface area contributed by atoms with Gasteiger partial charge in [-0.3, -0.25) is 9.59 Å². The Kier molecular flexibility index (Phi) is 10.9. The monoisotopic (exact) mass is 616 g/mol. The van der Waals surface area contributed by atoms with Crippen molar-refractivity contribution in [1.82, 2.24) is 14.9 Å². The topological polar surface area (TPSA) is 93.7 Å². The van der Waals surface area contributed by atoms with Gasteiger partial charge in [-0.15, -0.1) is 0 Å². The van der Waals surface area contributed by atoms with Gasteiger partial charge in [0.05, 0.1) is 25.7 Å². The van der Waals surface area contributed by atoms with Gasteiger partial charge in [-0.1, -0.05) is 68.1 Å². The van der Waals surface area contributed by atoms with Gasteiger partial charge < -0.3 is 19.7 Å². The summed E-state index contributed by atoms with van der Waals surface area (Å²) in [5.74, 6) is -0.175. The zero-order valence-corrected chi connectivity index (χ0v) is 26.6. The van der Waals surface area contributed by atoms with Crippen LogP contribution in [0.4, 0.5) is 10.1 Å². The molecule has 0 spiro atoms. The van der Waals surface area contributed by atoms with E-state index in [9.17, 15) is 14.0 Å². The first kappa shape index (κ1) is 32.5. The van der Waals surface area contributed by atoms with E-state index in [1.165, 1.54) is 36.9 Å². The maximum Gasteiger partial charge on any atom is 0.251 e. The molecule has 10 heteroatoms. The predicted molar refractivity (Wildman–Crippen MR) is 171 cm³/mol. The van der Waals surface area contributed by atoms with Crippen LogP contribution in [0.3, 0.4) is 0 Å². The number of anilines is 1. The summed E-state index contributed by atoms with van der Waals surface area (Å²) >= 11 is 1.17. The van der Waals surface area contributed by atoms with E-state index >= 15 is 0 Å². The smallest absolute Gasteiger partial charge is 0.251 e. The van der Waals surface area contributed by atoms with Crippen LogP contribution in [0.15, 0.2) is 78.0 Å².